The summed E-state index contributed by atoms with van der Waals surface area (Å²) in [6, 6.07) is 13.8. The predicted molar refractivity (Wildman–Crippen MR) is 105 cm³/mol. The molecule has 3 aromatic rings. The number of carbonyl (C=O) groups excluding carboxylic acids is 1. The van der Waals surface area contributed by atoms with Crippen LogP contribution in [0.1, 0.15) is 29.0 Å². The Hall–Kier alpha value is -3.15. The van der Waals surface area contributed by atoms with E-state index in [1.54, 1.807) is 0 Å². The molecule has 0 saturated carbocycles. The molecule has 0 aliphatic rings. The van der Waals surface area contributed by atoms with Gasteiger partial charge in [0.15, 0.2) is 0 Å². The van der Waals surface area contributed by atoms with Crippen LogP contribution in [0.5, 0.6) is 5.75 Å². The second kappa shape index (κ2) is 9.17. The summed E-state index contributed by atoms with van der Waals surface area (Å²) in [5.74, 6) is 1.39. The van der Waals surface area contributed by atoms with Gasteiger partial charge in [-0.05, 0) is 44.0 Å². The third-order valence-corrected chi connectivity index (χ3v) is 4.13. The Morgan fingerprint density at radius 1 is 0.964 bits per heavy atom. The van der Waals surface area contributed by atoms with Gasteiger partial charge in [0.2, 0.25) is 11.7 Å². The molecule has 0 atom stereocenters. The zero-order valence-electron chi connectivity index (χ0n) is 16.4. The zero-order chi connectivity index (χ0) is 19.9. The topological polar surface area (TPSA) is 74.5 Å². The normalized spacial score (nSPS) is 10.7. The number of carbonyl (C=O) groups is 1. The molecular formula is C22H24N2O4. The Balaban J connectivity index is 1.39. The molecule has 1 heterocycles. The van der Waals surface area contributed by atoms with Gasteiger partial charge in [-0.3, -0.25) is 4.79 Å². The van der Waals surface area contributed by atoms with Crippen molar-refractivity contribution >= 4 is 5.97 Å². The van der Waals surface area contributed by atoms with Crippen molar-refractivity contribution in [2.24, 2.45) is 0 Å². The summed E-state index contributed by atoms with van der Waals surface area (Å²) in [6.07, 6.45) is 0.523. The number of benzene rings is 2. The monoisotopic (exact) mass is 380 g/mol. The van der Waals surface area contributed by atoms with E-state index in [2.05, 4.69) is 16.2 Å². The molecule has 146 valence electrons. The molecule has 6 nitrogen and oxygen atoms in total. The minimum atomic E-state index is -0.320. The lowest BCUT2D eigenvalue weighted by atomic mass is 10.1. The highest BCUT2D eigenvalue weighted by molar-refractivity contribution is 5.69. The fraction of sp³-hybridized carbons (Fsp3) is 0.318. The number of ether oxygens (including phenoxy) is 2. The second-order valence-electron chi connectivity index (χ2n) is 6.77. The average Bonchev–Trinajstić information content (AvgIpc) is 3.12. The van der Waals surface area contributed by atoms with E-state index in [0.717, 1.165) is 28.0 Å². The van der Waals surface area contributed by atoms with Crippen LogP contribution in [0.2, 0.25) is 0 Å². The van der Waals surface area contributed by atoms with E-state index in [0.29, 0.717) is 24.7 Å². The van der Waals surface area contributed by atoms with Gasteiger partial charge in [-0.1, -0.05) is 41.1 Å². The summed E-state index contributed by atoms with van der Waals surface area (Å²) in [5, 5.41) is 3.96. The van der Waals surface area contributed by atoms with Gasteiger partial charge in [0.1, 0.15) is 19.0 Å². The van der Waals surface area contributed by atoms with Crippen LogP contribution in [0.25, 0.3) is 11.4 Å². The molecule has 28 heavy (non-hydrogen) atoms. The summed E-state index contributed by atoms with van der Waals surface area (Å²) in [7, 11) is 0. The Morgan fingerprint density at radius 3 is 2.39 bits per heavy atom. The number of nitrogens with zero attached hydrogens (tertiary/aromatic N) is 2. The third-order valence-electron chi connectivity index (χ3n) is 4.13. The Kier molecular flexibility index (Phi) is 6.42. The molecule has 0 bridgehead atoms. The lowest BCUT2D eigenvalue weighted by Crippen LogP contribution is -2.12. The van der Waals surface area contributed by atoms with Gasteiger partial charge in [-0.2, -0.15) is 4.98 Å². The van der Waals surface area contributed by atoms with Gasteiger partial charge >= 0.3 is 5.97 Å². The van der Waals surface area contributed by atoms with E-state index in [9.17, 15) is 4.79 Å². The minimum absolute atomic E-state index is 0.180. The highest BCUT2D eigenvalue weighted by Gasteiger charge is 2.11. The first-order chi connectivity index (χ1) is 13.5. The van der Waals surface area contributed by atoms with Crippen LogP contribution in [-0.2, 0) is 16.0 Å². The number of esters is 1. The van der Waals surface area contributed by atoms with Gasteiger partial charge in [0.05, 0.1) is 6.42 Å². The Labute approximate surface area is 164 Å². The molecule has 3 rings (SSSR count). The van der Waals surface area contributed by atoms with Crippen LogP contribution in [0.3, 0.4) is 0 Å². The van der Waals surface area contributed by atoms with Gasteiger partial charge in [0, 0.05) is 12.0 Å². The van der Waals surface area contributed by atoms with E-state index < -0.39 is 0 Å². The van der Waals surface area contributed by atoms with Gasteiger partial charge in [-0.25, -0.2) is 0 Å². The Bertz CT molecular complexity index is 912. The smallest absolute Gasteiger partial charge is 0.306 e. The average molecular weight is 380 g/mol. The van der Waals surface area contributed by atoms with Crippen LogP contribution in [0.15, 0.2) is 47.0 Å². The molecule has 0 aliphatic heterocycles. The fourth-order valence-electron chi connectivity index (χ4n) is 2.79. The lowest BCUT2D eigenvalue weighted by Gasteiger charge is -2.08. The molecule has 0 aliphatic carbocycles. The molecule has 1 aromatic heterocycles. The molecule has 0 fully saturated rings. The van der Waals surface area contributed by atoms with Crippen molar-refractivity contribution in [2.75, 3.05) is 13.2 Å². The highest BCUT2D eigenvalue weighted by atomic mass is 16.6. The maximum atomic E-state index is 11.9. The molecule has 6 heteroatoms. The first kappa shape index (κ1) is 19.6. The van der Waals surface area contributed by atoms with E-state index >= 15 is 0 Å². The van der Waals surface area contributed by atoms with Gasteiger partial charge in [-0.15, -0.1) is 0 Å². The molecule has 0 unspecified atom stereocenters. The van der Waals surface area contributed by atoms with Crippen molar-refractivity contribution in [3.63, 3.8) is 0 Å². The molecule has 0 N–H and O–H groups in total. The Morgan fingerprint density at radius 2 is 1.68 bits per heavy atom. The van der Waals surface area contributed by atoms with E-state index in [4.69, 9.17) is 14.0 Å². The van der Waals surface area contributed by atoms with E-state index in [-0.39, 0.29) is 19.0 Å². The van der Waals surface area contributed by atoms with Crippen LogP contribution in [0, 0.1) is 20.8 Å². The SMILES string of the molecule is Cc1ccc(-c2noc(CCC(=O)OCCOc3cc(C)cc(C)c3)n2)cc1. The highest BCUT2D eigenvalue weighted by Crippen LogP contribution is 2.17. The summed E-state index contributed by atoms with van der Waals surface area (Å²) in [4.78, 5) is 16.2. The largest absolute Gasteiger partial charge is 0.490 e. The minimum Gasteiger partial charge on any atom is -0.490 e. The number of hydrogen-bond acceptors (Lipinski definition) is 6. The molecular weight excluding hydrogens is 356 g/mol. The summed E-state index contributed by atoms with van der Waals surface area (Å²) < 4.78 is 16.0. The molecule has 0 spiro atoms. The predicted octanol–water partition coefficient (Wildman–Crippen LogP) is 4.22. The standard InChI is InChI=1S/C22H24N2O4/c1-15-4-6-18(7-5-15)22-23-20(28-24-22)8-9-21(25)27-11-10-26-19-13-16(2)12-17(3)14-19/h4-7,12-14H,8-11H2,1-3H3. The fourth-order valence-corrected chi connectivity index (χ4v) is 2.79. The zero-order valence-corrected chi connectivity index (χ0v) is 16.4. The first-order valence-corrected chi connectivity index (χ1v) is 9.26. The number of aromatic nitrogens is 2. The second-order valence-corrected chi connectivity index (χ2v) is 6.77. The van der Waals surface area contributed by atoms with Crippen molar-refractivity contribution < 1.29 is 18.8 Å². The van der Waals surface area contributed by atoms with Crippen molar-refractivity contribution in [3.8, 4) is 17.1 Å². The maximum absolute atomic E-state index is 11.9. The first-order valence-electron chi connectivity index (χ1n) is 9.26. The van der Waals surface area contributed by atoms with E-state index in [1.807, 2.05) is 57.2 Å². The third kappa shape index (κ3) is 5.67. The summed E-state index contributed by atoms with van der Waals surface area (Å²) in [6.45, 7) is 6.56. The van der Waals surface area contributed by atoms with Crippen molar-refractivity contribution in [1.29, 1.82) is 0 Å². The molecule has 2 aromatic carbocycles. The number of aryl methyl sites for hydroxylation is 4. The number of hydrogen-bond donors (Lipinski definition) is 0. The quantitative estimate of drug-likeness (QED) is 0.430. The van der Waals surface area contributed by atoms with Crippen LogP contribution < -0.4 is 4.74 Å². The van der Waals surface area contributed by atoms with Gasteiger partial charge in [0.25, 0.3) is 0 Å². The molecule has 0 radical (unpaired) electrons. The van der Waals surface area contributed by atoms with Crippen molar-refractivity contribution in [2.45, 2.75) is 33.6 Å². The van der Waals surface area contributed by atoms with Crippen LogP contribution in [0.4, 0.5) is 0 Å². The van der Waals surface area contributed by atoms with Crippen molar-refractivity contribution in [1.82, 2.24) is 10.1 Å². The summed E-state index contributed by atoms with van der Waals surface area (Å²) >= 11 is 0. The maximum Gasteiger partial charge on any atom is 0.306 e. The van der Waals surface area contributed by atoms with Gasteiger partial charge < -0.3 is 14.0 Å². The van der Waals surface area contributed by atoms with Crippen LogP contribution in [-0.4, -0.2) is 29.3 Å². The lowest BCUT2D eigenvalue weighted by molar-refractivity contribution is -0.144. The number of rotatable bonds is 8. The summed E-state index contributed by atoms with van der Waals surface area (Å²) in [5.41, 5.74) is 4.32. The van der Waals surface area contributed by atoms with Crippen LogP contribution >= 0.6 is 0 Å². The van der Waals surface area contributed by atoms with Crippen molar-refractivity contribution in [3.05, 3.63) is 65.0 Å². The molecule has 0 saturated heterocycles. The molecule has 0 amide bonds. The van der Waals surface area contributed by atoms with E-state index in [1.165, 1.54) is 0 Å².